The fourth-order valence-corrected chi connectivity index (χ4v) is 2.66. The molecule has 0 spiro atoms. The Morgan fingerprint density at radius 1 is 1.05 bits per heavy atom. The third-order valence-electron chi connectivity index (χ3n) is 2.61. The molecule has 0 amide bonds. The van der Waals surface area contributed by atoms with Gasteiger partial charge in [0.1, 0.15) is 5.82 Å². The normalized spacial score (nSPS) is 11.7. The predicted molar refractivity (Wildman–Crippen MR) is 69.9 cm³/mol. The van der Waals surface area contributed by atoms with Crippen LogP contribution in [-0.4, -0.2) is 0 Å². The highest BCUT2D eigenvalue weighted by atomic mass is 32.2. The van der Waals surface area contributed by atoms with Gasteiger partial charge in [0, 0.05) is 16.3 Å². The van der Waals surface area contributed by atoms with E-state index in [-0.39, 0.29) is 11.4 Å². The molecule has 0 bridgehead atoms. The zero-order chi connectivity index (χ0) is 14.8. The SMILES string of the molecule is NCc1ccc(Sc2cccc(F)c2)c(C(F)(F)F)c1. The fourth-order valence-electron chi connectivity index (χ4n) is 1.67. The maximum atomic E-state index is 13.1. The van der Waals surface area contributed by atoms with E-state index < -0.39 is 17.6 Å². The average Bonchev–Trinajstić information content (AvgIpc) is 2.38. The molecule has 106 valence electrons. The van der Waals surface area contributed by atoms with Crippen LogP contribution in [0, 0.1) is 5.82 Å². The van der Waals surface area contributed by atoms with Crippen LogP contribution in [0.5, 0.6) is 0 Å². The Hall–Kier alpha value is -1.53. The molecule has 0 radical (unpaired) electrons. The summed E-state index contributed by atoms with van der Waals surface area (Å²) in [7, 11) is 0. The Kier molecular flexibility index (Phi) is 4.35. The average molecular weight is 301 g/mol. The highest BCUT2D eigenvalue weighted by Crippen LogP contribution is 2.40. The summed E-state index contributed by atoms with van der Waals surface area (Å²) in [5.74, 6) is -0.484. The van der Waals surface area contributed by atoms with E-state index in [9.17, 15) is 17.6 Å². The van der Waals surface area contributed by atoms with Gasteiger partial charge in [0.2, 0.25) is 0 Å². The molecule has 2 rings (SSSR count). The van der Waals surface area contributed by atoms with Crippen molar-refractivity contribution in [2.75, 3.05) is 0 Å². The number of nitrogens with two attached hydrogens (primary N) is 1. The Bertz CT molecular complexity index is 610. The summed E-state index contributed by atoms with van der Waals surface area (Å²) in [6.07, 6.45) is -4.47. The van der Waals surface area contributed by atoms with E-state index in [2.05, 4.69) is 0 Å². The predicted octanol–water partition coefficient (Wildman–Crippen LogP) is 4.45. The smallest absolute Gasteiger partial charge is 0.326 e. The van der Waals surface area contributed by atoms with Crippen molar-refractivity contribution in [1.82, 2.24) is 0 Å². The minimum atomic E-state index is -4.47. The van der Waals surface area contributed by atoms with Gasteiger partial charge in [-0.2, -0.15) is 13.2 Å². The summed E-state index contributed by atoms with van der Waals surface area (Å²) < 4.78 is 52.1. The molecule has 0 heterocycles. The van der Waals surface area contributed by atoms with Gasteiger partial charge in [-0.15, -0.1) is 0 Å². The monoisotopic (exact) mass is 301 g/mol. The topological polar surface area (TPSA) is 26.0 Å². The van der Waals surface area contributed by atoms with Gasteiger partial charge in [-0.25, -0.2) is 4.39 Å². The minimum Gasteiger partial charge on any atom is -0.326 e. The Morgan fingerprint density at radius 3 is 2.40 bits per heavy atom. The highest BCUT2D eigenvalue weighted by Gasteiger charge is 2.33. The second-order valence-electron chi connectivity index (χ2n) is 4.09. The number of alkyl halides is 3. The summed E-state index contributed by atoms with van der Waals surface area (Å²) in [5.41, 5.74) is 5.01. The molecular formula is C14H11F4NS. The molecule has 2 aromatic carbocycles. The van der Waals surface area contributed by atoms with E-state index in [1.165, 1.54) is 30.3 Å². The molecule has 2 N–H and O–H groups in total. The lowest BCUT2D eigenvalue weighted by Crippen LogP contribution is -2.08. The lowest BCUT2D eigenvalue weighted by Gasteiger charge is -2.13. The van der Waals surface area contributed by atoms with E-state index in [0.29, 0.717) is 10.5 Å². The van der Waals surface area contributed by atoms with Gasteiger partial charge in [0.05, 0.1) is 5.56 Å². The van der Waals surface area contributed by atoms with Gasteiger partial charge >= 0.3 is 6.18 Å². The van der Waals surface area contributed by atoms with Crippen LogP contribution in [0.3, 0.4) is 0 Å². The Morgan fingerprint density at radius 2 is 1.80 bits per heavy atom. The molecule has 2 aromatic rings. The molecule has 1 nitrogen and oxygen atoms in total. The molecule has 0 aliphatic rings. The summed E-state index contributed by atoms with van der Waals surface area (Å²) in [6, 6.07) is 9.39. The third-order valence-corrected chi connectivity index (χ3v) is 3.67. The largest absolute Gasteiger partial charge is 0.417 e. The molecular weight excluding hydrogens is 290 g/mol. The summed E-state index contributed by atoms with van der Waals surface area (Å²) in [5, 5.41) is 0. The first-order chi connectivity index (χ1) is 9.40. The van der Waals surface area contributed by atoms with Gasteiger partial charge in [-0.3, -0.25) is 0 Å². The molecule has 0 atom stereocenters. The van der Waals surface area contributed by atoms with E-state index in [1.807, 2.05) is 0 Å². The van der Waals surface area contributed by atoms with Crippen LogP contribution in [0.2, 0.25) is 0 Å². The van der Waals surface area contributed by atoms with Gasteiger partial charge in [0.25, 0.3) is 0 Å². The van der Waals surface area contributed by atoms with Gasteiger partial charge < -0.3 is 5.73 Å². The molecule has 0 aliphatic carbocycles. The van der Waals surface area contributed by atoms with Crippen LogP contribution < -0.4 is 5.73 Å². The van der Waals surface area contributed by atoms with Crippen molar-refractivity contribution in [2.24, 2.45) is 5.73 Å². The van der Waals surface area contributed by atoms with Gasteiger partial charge in [0.15, 0.2) is 0 Å². The van der Waals surface area contributed by atoms with Crippen molar-refractivity contribution in [2.45, 2.75) is 22.5 Å². The summed E-state index contributed by atoms with van der Waals surface area (Å²) >= 11 is 0.874. The van der Waals surface area contributed by atoms with Crippen molar-refractivity contribution in [3.63, 3.8) is 0 Å². The fraction of sp³-hybridized carbons (Fsp3) is 0.143. The van der Waals surface area contributed by atoms with Crippen LogP contribution >= 0.6 is 11.8 Å². The molecule has 6 heteroatoms. The van der Waals surface area contributed by atoms with Crippen molar-refractivity contribution >= 4 is 11.8 Å². The van der Waals surface area contributed by atoms with Crippen molar-refractivity contribution < 1.29 is 17.6 Å². The first-order valence-electron chi connectivity index (χ1n) is 5.74. The highest BCUT2D eigenvalue weighted by molar-refractivity contribution is 7.99. The molecule has 0 saturated heterocycles. The molecule has 0 aromatic heterocycles. The quantitative estimate of drug-likeness (QED) is 0.847. The Labute approximate surface area is 117 Å². The molecule has 20 heavy (non-hydrogen) atoms. The van der Waals surface area contributed by atoms with E-state index >= 15 is 0 Å². The zero-order valence-corrected chi connectivity index (χ0v) is 11.1. The molecule has 0 aliphatic heterocycles. The Balaban J connectivity index is 2.41. The number of hydrogen-bond donors (Lipinski definition) is 1. The van der Waals surface area contributed by atoms with E-state index in [0.717, 1.165) is 17.8 Å². The molecule has 0 fully saturated rings. The zero-order valence-electron chi connectivity index (χ0n) is 10.2. The second-order valence-corrected chi connectivity index (χ2v) is 5.21. The van der Waals surface area contributed by atoms with Crippen LogP contribution in [-0.2, 0) is 12.7 Å². The summed E-state index contributed by atoms with van der Waals surface area (Å²) in [6.45, 7) is 0.0357. The molecule has 0 saturated carbocycles. The lowest BCUT2D eigenvalue weighted by molar-refractivity contribution is -0.139. The number of hydrogen-bond acceptors (Lipinski definition) is 2. The van der Waals surface area contributed by atoms with E-state index in [4.69, 9.17) is 5.73 Å². The number of halogens is 4. The first-order valence-corrected chi connectivity index (χ1v) is 6.55. The first kappa shape index (κ1) is 14.9. The van der Waals surface area contributed by atoms with Crippen molar-refractivity contribution in [3.05, 3.63) is 59.4 Å². The summed E-state index contributed by atoms with van der Waals surface area (Å²) in [4.78, 5) is 0.441. The van der Waals surface area contributed by atoms with Crippen molar-refractivity contribution in [1.29, 1.82) is 0 Å². The van der Waals surface area contributed by atoms with Gasteiger partial charge in [-0.05, 0) is 35.9 Å². The van der Waals surface area contributed by atoms with Crippen LogP contribution in [0.4, 0.5) is 17.6 Å². The van der Waals surface area contributed by atoms with Crippen LogP contribution in [0.1, 0.15) is 11.1 Å². The van der Waals surface area contributed by atoms with Crippen LogP contribution in [0.25, 0.3) is 0 Å². The minimum absolute atomic E-state index is 0.0281. The third kappa shape index (κ3) is 3.52. The van der Waals surface area contributed by atoms with Crippen molar-refractivity contribution in [3.8, 4) is 0 Å². The number of benzene rings is 2. The maximum Gasteiger partial charge on any atom is 0.417 e. The number of rotatable bonds is 3. The maximum absolute atomic E-state index is 13.1. The molecule has 0 unspecified atom stereocenters. The lowest BCUT2D eigenvalue weighted by atomic mass is 10.1. The van der Waals surface area contributed by atoms with E-state index in [1.54, 1.807) is 6.07 Å². The second kappa shape index (κ2) is 5.85. The standard InChI is InChI=1S/C14H11F4NS/c15-10-2-1-3-11(7-10)20-13-5-4-9(8-19)6-12(13)14(16,17)18/h1-7H,8,19H2. The van der Waals surface area contributed by atoms with Gasteiger partial charge in [-0.1, -0.05) is 23.9 Å². The van der Waals surface area contributed by atoms with Crippen LogP contribution in [0.15, 0.2) is 52.3 Å².